The molecule has 0 bridgehead atoms. The Labute approximate surface area is 171 Å². The standard InChI is InChI=1S/C23H24N2O3S/c1-17-13-14-18(2)21(15-17)24-23(26)22(16-19-9-5-3-6-10-19)25-29(27,28)20-11-7-4-8-12-20/h3-15,22,25H,16H2,1-2H3,(H,24,26)/t22-/m0/s1. The lowest BCUT2D eigenvalue weighted by atomic mass is 10.1. The van der Waals surface area contributed by atoms with Crippen LogP contribution in [0.5, 0.6) is 0 Å². The van der Waals surface area contributed by atoms with Crippen LogP contribution in [0.1, 0.15) is 16.7 Å². The summed E-state index contributed by atoms with van der Waals surface area (Å²) in [5, 5.41) is 2.88. The first kappa shape index (κ1) is 20.8. The number of anilines is 1. The minimum absolute atomic E-state index is 0.123. The number of aryl methyl sites for hydroxylation is 2. The molecule has 0 aromatic heterocycles. The zero-order valence-corrected chi connectivity index (χ0v) is 17.2. The summed E-state index contributed by atoms with van der Waals surface area (Å²) in [6.07, 6.45) is 0.240. The van der Waals surface area contributed by atoms with Crippen LogP contribution < -0.4 is 10.0 Å². The van der Waals surface area contributed by atoms with Crippen molar-refractivity contribution < 1.29 is 13.2 Å². The van der Waals surface area contributed by atoms with Crippen molar-refractivity contribution in [2.24, 2.45) is 0 Å². The zero-order valence-electron chi connectivity index (χ0n) is 16.4. The number of hydrogen-bond donors (Lipinski definition) is 2. The SMILES string of the molecule is Cc1ccc(C)c(NC(=O)[C@H](Cc2ccccc2)NS(=O)(=O)c2ccccc2)c1. The summed E-state index contributed by atoms with van der Waals surface area (Å²) >= 11 is 0. The predicted molar refractivity (Wildman–Crippen MR) is 115 cm³/mol. The third kappa shape index (κ3) is 5.53. The molecule has 5 nitrogen and oxygen atoms in total. The van der Waals surface area contributed by atoms with E-state index in [1.165, 1.54) is 12.1 Å². The second-order valence-corrected chi connectivity index (χ2v) is 8.70. The lowest BCUT2D eigenvalue weighted by molar-refractivity contribution is -0.117. The second-order valence-electron chi connectivity index (χ2n) is 6.98. The molecule has 0 spiro atoms. The maximum atomic E-state index is 13.1. The number of benzene rings is 3. The summed E-state index contributed by atoms with van der Waals surface area (Å²) in [6, 6.07) is 22.2. The van der Waals surface area contributed by atoms with Crippen LogP contribution in [-0.4, -0.2) is 20.4 Å². The van der Waals surface area contributed by atoms with Gasteiger partial charge < -0.3 is 5.32 Å². The monoisotopic (exact) mass is 408 g/mol. The summed E-state index contributed by atoms with van der Waals surface area (Å²) in [6.45, 7) is 3.84. The van der Waals surface area contributed by atoms with E-state index >= 15 is 0 Å². The molecule has 0 unspecified atom stereocenters. The van der Waals surface area contributed by atoms with Gasteiger partial charge in [0.15, 0.2) is 0 Å². The van der Waals surface area contributed by atoms with Crippen molar-refractivity contribution in [3.05, 3.63) is 95.6 Å². The van der Waals surface area contributed by atoms with E-state index in [0.717, 1.165) is 16.7 Å². The van der Waals surface area contributed by atoms with Crippen molar-refractivity contribution in [2.45, 2.75) is 31.2 Å². The van der Waals surface area contributed by atoms with E-state index in [0.29, 0.717) is 5.69 Å². The lowest BCUT2D eigenvalue weighted by Crippen LogP contribution is -2.45. The number of rotatable bonds is 7. The number of carbonyl (C=O) groups excluding carboxylic acids is 1. The van der Waals surface area contributed by atoms with Gasteiger partial charge in [-0.25, -0.2) is 8.42 Å². The topological polar surface area (TPSA) is 75.3 Å². The first-order chi connectivity index (χ1) is 13.8. The van der Waals surface area contributed by atoms with Crippen LogP contribution in [-0.2, 0) is 21.2 Å². The fourth-order valence-corrected chi connectivity index (χ4v) is 4.20. The van der Waals surface area contributed by atoms with E-state index in [1.807, 2.05) is 62.4 Å². The summed E-state index contributed by atoms with van der Waals surface area (Å²) in [7, 11) is -3.85. The predicted octanol–water partition coefficient (Wildman–Crippen LogP) is 3.83. The number of carbonyl (C=O) groups is 1. The van der Waals surface area contributed by atoms with Crippen molar-refractivity contribution in [3.8, 4) is 0 Å². The molecule has 2 N–H and O–H groups in total. The van der Waals surface area contributed by atoms with Crippen molar-refractivity contribution >= 4 is 21.6 Å². The molecular weight excluding hydrogens is 384 g/mol. The number of amides is 1. The molecule has 0 saturated carbocycles. The molecule has 3 aromatic carbocycles. The number of sulfonamides is 1. The Bertz CT molecular complexity index is 1080. The van der Waals surface area contributed by atoms with Gasteiger partial charge in [-0.1, -0.05) is 60.7 Å². The largest absolute Gasteiger partial charge is 0.324 e. The summed E-state index contributed by atoms with van der Waals surface area (Å²) < 4.78 is 28.2. The van der Waals surface area contributed by atoms with E-state index in [9.17, 15) is 13.2 Å². The summed E-state index contributed by atoms with van der Waals surface area (Å²) in [4.78, 5) is 13.2. The Balaban J connectivity index is 1.88. The van der Waals surface area contributed by atoms with Gasteiger partial charge in [0.2, 0.25) is 15.9 Å². The Hall–Kier alpha value is -2.96. The molecule has 1 amide bonds. The Kier molecular flexibility index (Phi) is 6.46. The average Bonchev–Trinajstić information content (AvgIpc) is 2.71. The molecule has 150 valence electrons. The molecule has 0 radical (unpaired) electrons. The first-order valence-corrected chi connectivity index (χ1v) is 10.8. The van der Waals surface area contributed by atoms with E-state index < -0.39 is 22.0 Å². The minimum atomic E-state index is -3.85. The molecule has 3 rings (SSSR count). The van der Waals surface area contributed by atoms with Crippen LogP contribution >= 0.6 is 0 Å². The molecule has 3 aromatic rings. The Morgan fingerprint density at radius 3 is 2.17 bits per heavy atom. The average molecular weight is 409 g/mol. The maximum absolute atomic E-state index is 13.1. The number of nitrogens with one attached hydrogen (secondary N) is 2. The van der Waals surface area contributed by atoms with Gasteiger partial charge in [-0.2, -0.15) is 4.72 Å². The highest BCUT2D eigenvalue weighted by Gasteiger charge is 2.26. The van der Waals surface area contributed by atoms with Crippen LogP contribution in [0.25, 0.3) is 0 Å². The van der Waals surface area contributed by atoms with Crippen molar-refractivity contribution in [1.29, 1.82) is 0 Å². The lowest BCUT2D eigenvalue weighted by Gasteiger charge is -2.20. The molecule has 6 heteroatoms. The fourth-order valence-electron chi connectivity index (χ4n) is 2.98. The number of hydrogen-bond acceptors (Lipinski definition) is 3. The van der Waals surface area contributed by atoms with Crippen LogP contribution in [0.15, 0.2) is 83.8 Å². The molecule has 0 saturated heterocycles. The van der Waals surface area contributed by atoms with Gasteiger partial charge >= 0.3 is 0 Å². The van der Waals surface area contributed by atoms with Gasteiger partial charge in [-0.3, -0.25) is 4.79 Å². The molecular formula is C23H24N2O3S. The molecule has 0 aliphatic carbocycles. The quantitative estimate of drug-likeness (QED) is 0.624. The Morgan fingerprint density at radius 2 is 1.52 bits per heavy atom. The van der Waals surface area contributed by atoms with E-state index in [1.54, 1.807) is 18.2 Å². The summed E-state index contributed by atoms with van der Waals surface area (Å²) in [5.41, 5.74) is 3.46. The van der Waals surface area contributed by atoms with E-state index in [4.69, 9.17) is 0 Å². The maximum Gasteiger partial charge on any atom is 0.242 e. The summed E-state index contributed by atoms with van der Waals surface area (Å²) in [5.74, 6) is -0.401. The van der Waals surface area contributed by atoms with Gasteiger partial charge in [0, 0.05) is 5.69 Å². The third-order valence-electron chi connectivity index (χ3n) is 4.60. The van der Waals surface area contributed by atoms with Crippen LogP contribution in [0.4, 0.5) is 5.69 Å². The van der Waals surface area contributed by atoms with Crippen LogP contribution in [0.3, 0.4) is 0 Å². The van der Waals surface area contributed by atoms with E-state index in [-0.39, 0.29) is 11.3 Å². The van der Waals surface area contributed by atoms with Crippen molar-refractivity contribution in [2.75, 3.05) is 5.32 Å². The molecule has 29 heavy (non-hydrogen) atoms. The van der Waals surface area contributed by atoms with Crippen molar-refractivity contribution in [3.63, 3.8) is 0 Å². The molecule has 0 fully saturated rings. The van der Waals surface area contributed by atoms with Crippen LogP contribution in [0, 0.1) is 13.8 Å². The second kappa shape index (κ2) is 9.03. The molecule has 0 heterocycles. The Morgan fingerprint density at radius 1 is 0.897 bits per heavy atom. The third-order valence-corrected chi connectivity index (χ3v) is 6.09. The van der Waals surface area contributed by atoms with Gasteiger partial charge in [-0.05, 0) is 55.2 Å². The van der Waals surface area contributed by atoms with Gasteiger partial charge in [0.05, 0.1) is 4.90 Å². The van der Waals surface area contributed by atoms with Crippen LogP contribution in [0.2, 0.25) is 0 Å². The minimum Gasteiger partial charge on any atom is -0.324 e. The highest BCUT2D eigenvalue weighted by molar-refractivity contribution is 7.89. The van der Waals surface area contributed by atoms with E-state index in [2.05, 4.69) is 10.0 Å². The van der Waals surface area contributed by atoms with Gasteiger partial charge in [0.1, 0.15) is 6.04 Å². The van der Waals surface area contributed by atoms with Gasteiger partial charge in [-0.15, -0.1) is 0 Å². The molecule has 1 atom stereocenters. The smallest absolute Gasteiger partial charge is 0.242 e. The fraction of sp³-hybridized carbons (Fsp3) is 0.174. The first-order valence-electron chi connectivity index (χ1n) is 9.34. The molecule has 0 aliphatic heterocycles. The normalized spacial score (nSPS) is 12.3. The van der Waals surface area contributed by atoms with Crippen molar-refractivity contribution in [1.82, 2.24) is 4.72 Å². The zero-order chi connectivity index (χ0) is 20.9. The highest BCUT2D eigenvalue weighted by atomic mass is 32.2. The van der Waals surface area contributed by atoms with Gasteiger partial charge in [0.25, 0.3) is 0 Å². The highest BCUT2D eigenvalue weighted by Crippen LogP contribution is 2.18. The molecule has 0 aliphatic rings.